The van der Waals surface area contributed by atoms with Gasteiger partial charge in [-0.05, 0) is 38.6 Å². The van der Waals surface area contributed by atoms with E-state index in [9.17, 15) is 0 Å². The van der Waals surface area contributed by atoms with Crippen LogP contribution < -0.4 is 25.4 Å². The van der Waals surface area contributed by atoms with E-state index in [2.05, 4.69) is 52.7 Å². The second-order valence-electron chi connectivity index (χ2n) is 9.66. The standard InChI is InChI=1S/C27H49N5O3/c1-5-7-8-9-10-11-16-32-26(28-3)14-15-29-27(32)30-22-12-13-24(33-4)25(19-22)35-21-23-20-31(6-2)17-18-34-23/h12-13,19,23,26-30H,5-11,14-18,20-21H2,1-4H3/t23-,26?,27?/m0/s1. The number of hydrogen-bond donors (Lipinski definition) is 3. The van der Waals surface area contributed by atoms with Crippen LogP contribution in [0.4, 0.5) is 5.69 Å². The summed E-state index contributed by atoms with van der Waals surface area (Å²) in [5.74, 6) is 1.49. The minimum absolute atomic E-state index is 0.0675. The van der Waals surface area contributed by atoms with Crippen LogP contribution >= 0.6 is 0 Å². The third-order valence-corrected chi connectivity index (χ3v) is 7.15. The van der Waals surface area contributed by atoms with Gasteiger partial charge in [-0.15, -0.1) is 0 Å². The summed E-state index contributed by atoms with van der Waals surface area (Å²) in [7, 11) is 3.75. The van der Waals surface area contributed by atoms with Gasteiger partial charge in [-0.1, -0.05) is 46.0 Å². The van der Waals surface area contributed by atoms with Crippen LogP contribution in [0.25, 0.3) is 0 Å². The van der Waals surface area contributed by atoms with Crippen molar-refractivity contribution >= 4 is 5.69 Å². The lowest BCUT2D eigenvalue weighted by Gasteiger charge is -2.43. The first kappa shape index (κ1) is 28.0. The molecule has 1 aromatic carbocycles. The zero-order valence-corrected chi connectivity index (χ0v) is 22.5. The first-order valence-corrected chi connectivity index (χ1v) is 13.8. The molecule has 3 N–H and O–H groups in total. The molecule has 0 amide bonds. The van der Waals surface area contributed by atoms with Gasteiger partial charge in [-0.25, -0.2) is 0 Å². The van der Waals surface area contributed by atoms with E-state index >= 15 is 0 Å². The molecule has 2 unspecified atom stereocenters. The number of ether oxygens (including phenoxy) is 3. The van der Waals surface area contributed by atoms with Gasteiger partial charge in [0.1, 0.15) is 19.0 Å². The Bertz CT molecular complexity index is 722. The summed E-state index contributed by atoms with van der Waals surface area (Å²) in [6, 6.07) is 6.09. The van der Waals surface area contributed by atoms with Crippen LogP contribution in [-0.2, 0) is 4.74 Å². The quantitative estimate of drug-likeness (QED) is 0.321. The Balaban J connectivity index is 1.59. The van der Waals surface area contributed by atoms with E-state index in [4.69, 9.17) is 14.2 Å². The van der Waals surface area contributed by atoms with E-state index in [0.717, 1.165) is 62.9 Å². The number of unbranched alkanes of at least 4 members (excludes halogenated alkanes) is 5. The fraction of sp³-hybridized carbons (Fsp3) is 0.778. The molecule has 8 nitrogen and oxygen atoms in total. The summed E-state index contributed by atoms with van der Waals surface area (Å²) in [6.07, 6.45) is 9.43. The SMILES string of the molecule is CCCCCCCCN1C(NC)CCNC1Nc1ccc(OC)c(OC[C@@H]2CN(CC)CCO2)c1. The van der Waals surface area contributed by atoms with E-state index in [1.807, 2.05) is 12.1 Å². The van der Waals surface area contributed by atoms with Crippen molar-refractivity contribution < 1.29 is 14.2 Å². The average molecular weight is 492 g/mol. The lowest BCUT2D eigenvalue weighted by molar-refractivity contribution is -0.0466. The van der Waals surface area contributed by atoms with E-state index < -0.39 is 0 Å². The predicted octanol–water partition coefficient (Wildman–Crippen LogP) is 3.69. The Hall–Kier alpha value is -1.58. The highest BCUT2D eigenvalue weighted by molar-refractivity contribution is 5.55. The van der Waals surface area contributed by atoms with E-state index in [0.29, 0.717) is 12.8 Å². The Kier molecular flexibility index (Phi) is 12.4. The van der Waals surface area contributed by atoms with E-state index in [1.54, 1.807) is 7.11 Å². The van der Waals surface area contributed by atoms with Crippen molar-refractivity contribution in [1.82, 2.24) is 20.4 Å². The lowest BCUT2D eigenvalue weighted by Crippen LogP contribution is -2.63. The van der Waals surface area contributed by atoms with Gasteiger partial charge in [0.05, 0.1) is 19.9 Å². The Morgan fingerprint density at radius 1 is 1.11 bits per heavy atom. The van der Waals surface area contributed by atoms with Gasteiger partial charge >= 0.3 is 0 Å². The number of hydrogen-bond acceptors (Lipinski definition) is 8. The summed E-state index contributed by atoms with van der Waals surface area (Å²) >= 11 is 0. The third-order valence-electron chi connectivity index (χ3n) is 7.15. The first-order chi connectivity index (χ1) is 17.2. The van der Waals surface area contributed by atoms with Crippen molar-refractivity contribution in [2.45, 2.75) is 77.4 Å². The summed E-state index contributed by atoms with van der Waals surface area (Å²) < 4.78 is 17.7. The maximum Gasteiger partial charge on any atom is 0.163 e. The topological polar surface area (TPSA) is 70.3 Å². The van der Waals surface area contributed by atoms with Crippen molar-refractivity contribution in [3.63, 3.8) is 0 Å². The first-order valence-electron chi connectivity index (χ1n) is 13.8. The van der Waals surface area contributed by atoms with Gasteiger partial charge in [0.2, 0.25) is 0 Å². The molecule has 2 fully saturated rings. The molecule has 2 heterocycles. The molecule has 200 valence electrons. The van der Waals surface area contributed by atoms with Gasteiger partial charge in [-0.2, -0.15) is 0 Å². The maximum atomic E-state index is 6.21. The number of anilines is 1. The van der Waals surface area contributed by atoms with Crippen LogP contribution in [0.5, 0.6) is 11.5 Å². The number of rotatable bonds is 15. The van der Waals surface area contributed by atoms with Crippen LogP contribution in [0.1, 0.15) is 58.8 Å². The lowest BCUT2D eigenvalue weighted by atomic mass is 10.1. The number of nitrogens with zero attached hydrogens (tertiary/aromatic N) is 2. The summed E-state index contributed by atoms with van der Waals surface area (Å²) in [5, 5.41) is 10.9. The Morgan fingerprint density at radius 3 is 2.71 bits per heavy atom. The summed E-state index contributed by atoms with van der Waals surface area (Å²) in [5.41, 5.74) is 1.02. The second kappa shape index (κ2) is 15.5. The summed E-state index contributed by atoms with van der Waals surface area (Å²) in [4.78, 5) is 4.92. The zero-order valence-electron chi connectivity index (χ0n) is 22.5. The number of benzene rings is 1. The molecule has 0 spiro atoms. The predicted molar refractivity (Wildman–Crippen MR) is 143 cm³/mol. The number of likely N-dealkylation sites (N-methyl/N-ethyl adjacent to an activating group) is 1. The Morgan fingerprint density at radius 2 is 1.94 bits per heavy atom. The molecule has 0 radical (unpaired) electrons. The van der Waals surface area contributed by atoms with Crippen molar-refractivity contribution in [2.75, 3.05) is 65.4 Å². The minimum atomic E-state index is 0.0675. The summed E-state index contributed by atoms with van der Waals surface area (Å²) in [6.45, 7) is 10.7. The highest BCUT2D eigenvalue weighted by Crippen LogP contribution is 2.31. The van der Waals surface area contributed by atoms with Crippen LogP contribution in [-0.4, -0.2) is 88.5 Å². The number of methoxy groups -OCH3 is 1. The molecule has 3 atom stereocenters. The third kappa shape index (κ3) is 8.79. The fourth-order valence-electron chi connectivity index (χ4n) is 5.01. The highest BCUT2D eigenvalue weighted by atomic mass is 16.5. The van der Waals surface area contributed by atoms with E-state index in [1.165, 1.54) is 38.5 Å². The normalized spacial score (nSPS) is 23.8. The minimum Gasteiger partial charge on any atom is -0.493 e. The number of morpholine rings is 1. The monoisotopic (exact) mass is 491 g/mol. The second-order valence-corrected chi connectivity index (χ2v) is 9.66. The van der Waals surface area contributed by atoms with Crippen LogP contribution in [0.2, 0.25) is 0 Å². The molecule has 2 aliphatic heterocycles. The zero-order chi connectivity index (χ0) is 24.9. The molecule has 35 heavy (non-hydrogen) atoms. The molecule has 2 aliphatic rings. The molecule has 0 aromatic heterocycles. The number of nitrogens with one attached hydrogen (secondary N) is 3. The molecule has 0 bridgehead atoms. The van der Waals surface area contributed by atoms with Crippen LogP contribution in [0.3, 0.4) is 0 Å². The fourth-order valence-corrected chi connectivity index (χ4v) is 5.01. The van der Waals surface area contributed by atoms with Gasteiger partial charge in [0.25, 0.3) is 0 Å². The van der Waals surface area contributed by atoms with Crippen molar-refractivity contribution in [2.24, 2.45) is 0 Å². The molecule has 2 saturated heterocycles. The van der Waals surface area contributed by atoms with Crippen molar-refractivity contribution in [3.05, 3.63) is 18.2 Å². The van der Waals surface area contributed by atoms with Crippen LogP contribution in [0, 0.1) is 0 Å². The Labute approximate surface area is 213 Å². The molecule has 0 aliphatic carbocycles. The van der Waals surface area contributed by atoms with Crippen LogP contribution in [0.15, 0.2) is 18.2 Å². The van der Waals surface area contributed by atoms with E-state index in [-0.39, 0.29) is 12.4 Å². The maximum absolute atomic E-state index is 6.21. The molecule has 0 saturated carbocycles. The molecular weight excluding hydrogens is 442 g/mol. The van der Waals surface area contributed by atoms with Crippen molar-refractivity contribution in [1.29, 1.82) is 0 Å². The van der Waals surface area contributed by atoms with Gasteiger partial charge < -0.3 is 24.8 Å². The van der Waals surface area contributed by atoms with Gasteiger partial charge in [0.15, 0.2) is 11.5 Å². The van der Waals surface area contributed by atoms with Gasteiger partial charge in [0, 0.05) is 37.9 Å². The van der Waals surface area contributed by atoms with Crippen molar-refractivity contribution in [3.8, 4) is 11.5 Å². The largest absolute Gasteiger partial charge is 0.493 e. The smallest absolute Gasteiger partial charge is 0.163 e. The molecule has 1 aromatic rings. The molecular formula is C27H49N5O3. The van der Waals surface area contributed by atoms with Gasteiger partial charge in [-0.3, -0.25) is 15.1 Å². The molecule has 8 heteroatoms. The average Bonchev–Trinajstić information content (AvgIpc) is 2.90. The molecule has 3 rings (SSSR count). The highest BCUT2D eigenvalue weighted by Gasteiger charge is 2.29.